The number of piperazine rings is 1. The second-order valence-corrected chi connectivity index (χ2v) is 8.79. The van der Waals surface area contributed by atoms with Crippen molar-refractivity contribution in [3.63, 3.8) is 0 Å². The number of nitrogens with zero attached hydrogens (tertiary/aromatic N) is 2. The quantitative estimate of drug-likeness (QED) is 0.558. The summed E-state index contributed by atoms with van der Waals surface area (Å²) in [5.41, 5.74) is 2.71. The number of benzene rings is 2. The lowest BCUT2D eigenvalue weighted by Crippen LogP contribution is -2.48. The van der Waals surface area contributed by atoms with E-state index in [1.54, 1.807) is 35.2 Å². The Bertz CT molecular complexity index is 1170. The van der Waals surface area contributed by atoms with Crippen LogP contribution in [0.1, 0.15) is 20.0 Å². The van der Waals surface area contributed by atoms with Gasteiger partial charge >= 0.3 is 6.18 Å². The molecule has 0 bridgehead atoms. The van der Waals surface area contributed by atoms with Crippen LogP contribution in [0.15, 0.2) is 60.0 Å². The van der Waals surface area contributed by atoms with Gasteiger partial charge in [-0.25, -0.2) is 0 Å². The molecule has 2 N–H and O–H groups in total. The van der Waals surface area contributed by atoms with E-state index in [0.717, 1.165) is 16.8 Å². The molecule has 0 radical (unpaired) electrons. The van der Waals surface area contributed by atoms with Gasteiger partial charge in [-0.2, -0.15) is 13.2 Å². The number of nitrogens with one attached hydrogen (secondary N) is 1. The Morgan fingerprint density at radius 1 is 0.971 bits per heavy atom. The van der Waals surface area contributed by atoms with Gasteiger partial charge in [-0.3, -0.25) is 9.59 Å². The van der Waals surface area contributed by atoms with Gasteiger partial charge in [-0.1, -0.05) is 12.1 Å². The van der Waals surface area contributed by atoms with Crippen molar-refractivity contribution in [3.8, 4) is 16.9 Å². The Kier molecular flexibility index (Phi) is 6.78. The Hall–Kier alpha value is -3.53. The third-order valence-corrected chi connectivity index (χ3v) is 6.42. The van der Waals surface area contributed by atoms with Crippen molar-refractivity contribution in [1.29, 1.82) is 0 Å². The normalized spacial score (nSPS) is 14.2. The first-order chi connectivity index (χ1) is 16.2. The molecule has 2 aromatic carbocycles. The second-order valence-electron chi connectivity index (χ2n) is 7.87. The summed E-state index contributed by atoms with van der Waals surface area (Å²) in [6.07, 6.45) is -4.46. The van der Waals surface area contributed by atoms with Gasteiger partial charge in [0.25, 0.3) is 11.8 Å². The minimum absolute atomic E-state index is 0.0484. The molecule has 4 rings (SSSR count). The van der Waals surface area contributed by atoms with Gasteiger partial charge in [0, 0.05) is 37.4 Å². The maximum Gasteiger partial charge on any atom is 0.405 e. The zero-order valence-corrected chi connectivity index (χ0v) is 18.8. The Labute approximate surface area is 198 Å². The monoisotopic (exact) mass is 489 g/mol. The number of alkyl halides is 3. The number of amides is 2. The number of thiophene rings is 1. The van der Waals surface area contributed by atoms with Crippen LogP contribution >= 0.6 is 11.3 Å². The van der Waals surface area contributed by atoms with Gasteiger partial charge in [0.15, 0.2) is 0 Å². The highest BCUT2D eigenvalue weighted by Gasteiger charge is 2.28. The largest absolute Gasteiger partial charge is 0.508 e. The fraction of sp³-hybridized carbons (Fsp3) is 0.250. The molecule has 1 aliphatic heterocycles. The van der Waals surface area contributed by atoms with Gasteiger partial charge < -0.3 is 20.2 Å². The van der Waals surface area contributed by atoms with Crippen LogP contribution in [0.4, 0.5) is 18.9 Å². The summed E-state index contributed by atoms with van der Waals surface area (Å²) in [6.45, 7) is 0.855. The molecular weight excluding hydrogens is 467 g/mol. The highest BCUT2D eigenvalue weighted by molar-refractivity contribution is 7.12. The molecule has 0 spiro atoms. The van der Waals surface area contributed by atoms with E-state index in [9.17, 15) is 27.9 Å². The first kappa shape index (κ1) is 23.6. The molecule has 2 heterocycles. The minimum Gasteiger partial charge on any atom is -0.508 e. The van der Waals surface area contributed by atoms with E-state index in [-0.39, 0.29) is 17.2 Å². The van der Waals surface area contributed by atoms with Crippen LogP contribution in [-0.2, 0) is 0 Å². The van der Waals surface area contributed by atoms with Gasteiger partial charge in [-0.05, 0) is 59.0 Å². The van der Waals surface area contributed by atoms with Crippen molar-refractivity contribution in [1.82, 2.24) is 10.2 Å². The fourth-order valence-electron chi connectivity index (χ4n) is 3.72. The molecule has 1 aliphatic rings. The lowest BCUT2D eigenvalue weighted by Gasteiger charge is -2.36. The van der Waals surface area contributed by atoms with E-state index < -0.39 is 18.6 Å². The van der Waals surface area contributed by atoms with Crippen LogP contribution in [-0.4, -0.2) is 60.7 Å². The third-order valence-electron chi connectivity index (χ3n) is 5.50. The number of phenols is 1. The van der Waals surface area contributed by atoms with Crippen LogP contribution in [0.3, 0.4) is 0 Å². The summed E-state index contributed by atoms with van der Waals surface area (Å²) >= 11 is 1.36. The number of phenolic OH excluding ortho intramolecular Hbond substituents is 1. The Morgan fingerprint density at radius 2 is 1.68 bits per heavy atom. The maximum absolute atomic E-state index is 13.0. The first-order valence-corrected chi connectivity index (χ1v) is 11.4. The van der Waals surface area contributed by atoms with Crippen LogP contribution in [0, 0.1) is 0 Å². The smallest absolute Gasteiger partial charge is 0.405 e. The van der Waals surface area contributed by atoms with E-state index >= 15 is 0 Å². The van der Waals surface area contributed by atoms with Gasteiger partial charge in [0.05, 0.1) is 4.88 Å². The average molecular weight is 490 g/mol. The molecule has 2 amide bonds. The molecule has 1 aromatic heterocycles. The third kappa shape index (κ3) is 5.69. The van der Waals surface area contributed by atoms with Gasteiger partial charge in [0.1, 0.15) is 12.3 Å². The molecule has 0 saturated carbocycles. The molecule has 1 fully saturated rings. The summed E-state index contributed by atoms with van der Waals surface area (Å²) in [6, 6.07) is 15.1. The number of hydrogen-bond donors (Lipinski definition) is 2. The lowest BCUT2D eigenvalue weighted by molar-refractivity contribution is -0.123. The van der Waals surface area contributed by atoms with E-state index in [2.05, 4.69) is 4.90 Å². The number of hydrogen-bond acceptors (Lipinski definition) is 5. The van der Waals surface area contributed by atoms with Crippen molar-refractivity contribution in [2.75, 3.05) is 37.6 Å². The van der Waals surface area contributed by atoms with Crippen molar-refractivity contribution in [2.45, 2.75) is 6.18 Å². The van der Waals surface area contributed by atoms with Crippen LogP contribution in [0.2, 0.25) is 0 Å². The summed E-state index contributed by atoms with van der Waals surface area (Å²) in [4.78, 5) is 29.3. The fourth-order valence-corrected chi connectivity index (χ4v) is 4.60. The highest BCUT2D eigenvalue weighted by Crippen LogP contribution is 2.29. The zero-order valence-electron chi connectivity index (χ0n) is 18.0. The van der Waals surface area contributed by atoms with Crippen LogP contribution in [0.5, 0.6) is 5.75 Å². The molecule has 6 nitrogen and oxygen atoms in total. The molecular formula is C24H22F3N3O3S. The standard InChI is InChI=1S/C24H22F3N3O3S/c25-24(26,27)15-28-22(32)16-4-6-19(7-5-16)29-8-10-30(11-9-29)23(33)21-13-18(14-34-21)17-2-1-3-20(31)12-17/h1-7,12-14,31H,8-11,15H2,(H,28,32). The number of rotatable bonds is 5. The highest BCUT2D eigenvalue weighted by atomic mass is 32.1. The van der Waals surface area contributed by atoms with E-state index in [1.807, 2.05) is 22.8 Å². The molecule has 34 heavy (non-hydrogen) atoms. The Balaban J connectivity index is 1.33. The first-order valence-electron chi connectivity index (χ1n) is 10.6. The molecule has 3 aromatic rings. The lowest BCUT2D eigenvalue weighted by atomic mass is 10.1. The van der Waals surface area contributed by atoms with Crippen molar-refractivity contribution in [2.24, 2.45) is 0 Å². The van der Waals surface area contributed by atoms with Crippen molar-refractivity contribution in [3.05, 3.63) is 70.4 Å². The number of carbonyl (C=O) groups is 2. The molecule has 1 saturated heterocycles. The summed E-state index contributed by atoms with van der Waals surface area (Å²) < 4.78 is 36.8. The number of halogens is 3. The van der Waals surface area contributed by atoms with Crippen molar-refractivity contribution < 1.29 is 27.9 Å². The summed E-state index contributed by atoms with van der Waals surface area (Å²) in [5, 5.41) is 13.4. The van der Waals surface area contributed by atoms with Gasteiger partial charge in [-0.15, -0.1) is 11.3 Å². The number of aromatic hydroxyl groups is 1. The Morgan fingerprint density at radius 3 is 2.32 bits per heavy atom. The van der Waals surface area contributed by atoms with Gasteiger partial charge in [0.2, 0.25) is 0 Å². The van der Waals surface area contributed by atoms with Crippen molar-refractivity contribution >= 4 is 28.8 Å². The number of anilines is 1. The van der Waals surface area contributed by atoms with Crippen LogP contribution in [0.25, 0.3) is 11.1 Å². The molecule has 0 unspecified atom stereocenters. The second kappa shape index (κ2) is 9.76. The maximum atomic E-state index is 13.0. The molecule has 10 heteroatoms. The average Bonchev–Trinajstić information content (AvgIpc) is 3.32. The van der Waals surface area contributed by atoms with E-state index in [4.69, 9.17) is 0 Å². The predicted molar refractivity (Wildman–Crippen MR) is 124 cm³/mol. The topological polar surface area (TPSA) is 72.9 Å². The predicted octanol–water partition coefficient (Wildman–Crippen LogP) is 4.38. The summed E-state index contributed by atoms with van der Waals surface area (Å²) in [5.74, 6) is -0.657. The zero-order chi connectivity index (χ0) is 24.3. The summed E-state index contributed by atoms with van der Waals surface area (Å²) in [7, 11) is 0. The minimum atomic E-state index is -4.46. The SMILES string of the molecule is O=C(NCC(F)(F)F)c1ccc(N2CCN(C(=O)c3cc(-c4cccc(O)c4)cs3)CC2)cc1. The van der Waals surface area contributed by atoms with E-state index in [1.165, 1.54) is 23.5 Å². The molecule has 0 atom stereocenters. The number of carbonyl (C=O) groups excluding carboxylic acids is 2. The molecule has 178 valence electrons. The van der Waals surface area contributed by atoms with Crippen LogP contribution < -0.4 is 10.2 Å². The molecule has 0 aliphatic carbocycles. The van der Waals surface area contributed by atoms with E-state index in [0.29, 0.717) is 31.1 Å².